The van der Waals surface area contributed by atoms with Crippen LogP contribution in [0.25, 0.3) is 0 Å². The lowest BCUT2D eigenvalue weighted by molar-refractivity contribution is -0.117. The number of methoxy groups -OCH3 is 1. The number of carbonyl (C=O) groups is 1. The molecule has 5 heteroatoms. The molecule has 0 aliphatic carbocycles. The van der Waals surface area contributed by atoms with Crippen LogP contribution in [0, 0.1) is 11.3 Å². The molecule has 0 radical (unpaired) electrons. The molecule has 0 aliphatic heterocycles. The molecule has 1 aromatic rings. The summed E-state index contributed by atoms with van der Waals surface area (Å²) in [6.07, 6.45) is 0.281. The smallest absolute Gasteiger partial charge is 0.226 e. The summed E-state index contributed by atoms with van der Waals surface area (Å²) >= 11 is 0. The molecule has 0 atom stereocenters. The van der Waals surface area contributed by atoms with Crippen molar-refractivity contribution in [3.8, 4) is 11.8 Å². The predicted molar refractivity (Wildman–Crippen MR) is 62.7 cm³/mol. The number of rotatable bonds is 6. The SMILES string of the molecule is COCCC(=O)Nc1ccccc1OCC#N. The number of hydrogen-bond donors (Lipinski definition) is 1. The summed E-state index contributed by atoms with van der Waals surface area (Å²) in [6.45, 7) is 0.317. The van der Waals surface area contributed by atoms with E-state index in [1.54, 1.807) is 24.3 Å². The van der Waals surface area contributed by atoms with E-state index in [9.17, 15) is 4.79 Å². The van der Waals surface area contributed by atoms with Crippen LogP contribution in [0.15, 0.2) is 24.3 Å². The zero-order chi connectivity index (χ0) is 12.5. The van der Waals surface area contributed by atoms with Crippen LogP contribution in [0.3, 0.4) is 0 Å². The van der Waals surface area contributed by atoms with Crippen LogP contribution in [-0.2, 0) is 9.53 Å². The van der Waals surface area contributed by atoms with Gasteiger partial charge in [-0.2, -0.15) is 5.26 Å². The van der Waals surface area contributed by atoms with Crippen LogP contribution in [0.4, 0.5) is 5.69 Å². The van der Waals surface area contributed by atoms with Crippen molar-refractivity contribution in [2.75, 3.05) is 25.6 Å². The van der Waals surface area contributed by atoms with Gasteiger partial charge in [0.1, 0.15) is 11.8 Å². The van der Waals surface area contributed by atoms with Gasteiger partial charge in [-0.1, -0.05) is 12.1 Å². The Morgan fingerprint density at radius 2 is 2.24 bits per heavy atom. The Kier molecular flexibility index (Phi) is 5.55. The van der Waals surface area contributed by atoms with Gasteiger partial charge >= 0.3 is 0 Å². The Balaban J connectivity index is 2.63. The standard InChI is InChI=1S/C12H14N2O3/c1-16-8-6-12(15)14-10-4-2-3-5-11(10)17-9-7-13/h2-5H,6,8-9H2,1H3,(H,14,15). The maximum Gasteiger partial charge on any atom is 0.226 e. The molecule has 1 N–H and O–H groups in total. The van der Waals surface area contributed by atoms with E-state index in [0.29, 0.717) is 18.0 Å². The number of para-hydroxylation sites is 2. The number of nitrogens with one attached hydrogen (secondary N) is 1. The molecule has 1 aromatic carbocycles. The van der Waals surface area contributed by atoms with E-state index in [0.717, 1.165) is 0 Å². The quantitative estimate of drug-likeness (QED) is 0.810. The van der Waals surface area contributed by atoms with Gasteiger partial charge in [-0.3, -0.25) is 4.79 Å². The van der Waals surface area contributed by atoms with Gasteiger partial charge in [0.15, 0.2) is 6.61 Å². The van der Waals surface area contributed by atoms with Crippen LogP contribution in [0.2, 0.25) is 0 Å². The molecular formula is C12H14N2O3. The summed E-state index contributed by atoms with van der Waals surface area (Å²) in [5.74, 6) is 0.333. The largest absolute Gasteiger partial charge is 0.477 e. The normalized spacial score (nSPS) is 9.41. The first-order valence-corrected chi connectivity index (χ1v) is 5.15. The van der Waals surface area contributed by atoms with Crippen molar-refractivity contribution in [2.45, 2.75) is 6.42 Å². The maximum atomic E-state index is 11.5. The number of nitriles is 1. The Morgan fingerprint density at radius 1 is 1.47 bits per heavy atom. The van der Waals surface area contributed by atoms with Crippen LogP contribution in [0.5, 0.6) is 5.75 Å². The number of ether oxygens (including phenoxy) is 2. The van der Waals surface area contributed by atoms with E-state index in [2.05, 4.69) is 5.32 Å². The number of hydrogen-bond acceptors (Lipinski definition) is 4. The molecule has 0 aromatic heterocycles. The highest BCUT2D eigenvalue weighted by Crippen LogP contribution is 2.23. The lowest BCUT2D eigenvalue weighted by Crippen LogP contribution is -2.14. The summed E-state index contributed by atoms with van der Waals surface area (Å²) in [5.41, 5.74) is 0.559. The fourth-order valence-corrected chi connectivity index (χ4v) is 1.21. The van der Waals surface area contributed by atoms with Gasteiger partial charge in [-0.25, -0.2) is 0 Å². The van der Waals surface area contributed by atoms with Crippen molar-refractivity contribution in [3.63, 3.8) is 0 Å². The molecule has 1 rings (SSSR count). The Bertz CT molecular complexity index is 412. The van der Waals surface area contributed by atoms with E-state index in [1.807, 2.05) is 6.07 Å². The fraction of sp³-hybridized carbons (Fsp3) is 0.333. The van der Waals surface area contributed by atoms with Crippen molar-refractivity contribution >= 4 is 11.6 Å². The third-order valence-corrected chi connectivity index (χ3v) is 1.99. The first-order chi connectivity index (χ1) is 8.27. The van der Waals surface area contributed by atoms with Gasteiger partial charge in [-0.05, 0) is 12.1 Å². The average Bonchev–Trinajstić information content (AvgIpc) is 2.35. The summed E-state index contributed by atoms with van der Waals surface area (Å²) < 4.78 is 9.99. The Morgan fingerprint density at radius 3 is 2.94 bits per heavy atom. The number of anilines is 1. The molecule has 0 saturated heterocycles. The molecule has 0 heterocycles. The van der Waals surface area contributed by atoms with Crippen LogP contribution >= 0.6 is 0 Å². The molecule has 90 valence electrons. The second kappa shape index (κ2) is 7.25. The minimum absolute atomic E-state index is 0.0506. The van der Waals surface area contributed by atoms with Gasteiger partial charge in [0.05, 0.1) is 18.7 Å². The minimum atomic E-state index is -0.153. The van der Waals surface area contributed by atoms with Gasteiger partial charge in [0, 0.05) is 7.11 Å². The lowest BCUT2D eigenvalue weighted by atomic mass is 10.3. The van der Waals surface area contributed by atoms with E-state index in [4.69, 9.17) is 14.7 Å². The van der Waals surface area contributed by atoms with Gasteiger partial charge < -0.3 is 14.8 Å². The van der Waals surface area contributed by atoms with Crippen molar-refractivity contribution in [2.24, 2.45) is 0 Å². The van der Waals surface area contributed by atoms with E-state index >= 15 is 0 Å². The third kappa shape index (κ3) is 4.53. The maximum absolute atomic E-state index is 11.5. The minimum Gasteiger partial charge on any atom is -0.477 e. The first kappa shape index (κ1) is 13.0. The molecule has 17 heavy (non-hydrogen) atoms. The zero-order valence-electron chi connectivity index (χ0n) is 9.60. The number of carbonyl (C=O) groups excluding carboxylic acids is 1. The molecular weight excluding hydrogens is 220 g/mol. The molecule has 0 fully saturated rings. The Labute approximate surface area is 100.0 Å². The summed E-state index contributed by atoms with van der Waals surface area (Å²) in [5, 5.41) is 11.1. The van der Waals surface area contributed by atoms with Crippen molar-refractivity contribution in [1.82, 2.24) is 0 Å². The van der Waals surface area contributed by atoms with E-state index < -0.39 is 0 Å². The molecule has 0 bridgehead atoms. The van der Waals surface area contributed by atoms with Crippen molar-refractivity contribution in [3.05, 3.63) is 24.3 Å². The van der Waals surface area contributed by atoms with Gasteiger partial charge in [-0.15, -0.1) is 0 Å². The summed E-state index contributed by atoms with van der Waals surface area (Å²) in [7, 11) is 1.54. The molecule has 0 spiro atoms. The second-order valence-corrected chi connectivity index (χ2v) is 3.23. The lowest BCUT2D eigenvalue weighted by Gasteiger charge is -2.10. The number of benzene rings is 1. The van der Waals surface area contributed by atoms with Crippen molar-refractivity contribution in [1.29, 1.82) is 5.26 Å². The molecule has 0 unspecified atom stereocenters. The van der Waals surface area contributed by atoms with Gasteiger partial charge in [0.2, 0.25) is 5.91 Å². The van der Waals surface area contributed by atoms with E-state index in [1.165, 1.54) is 7.11 Å². The van der Waals surface area contributed by atoms with Crippen LogP contribution in [-0.4, -0.2) is 26.2 Å². The third-order valence-electron chi connectivity index (χ3n) is 1.99. The number of nitrogens with zero attached hydrogens (tertiary/aromatic N) is 1. The summed E-state index contributed by atoms with van der Waals surface area (Å²) in [6, 6.07) is 8.85. The van der Waals surface area contributed by atoms with E-state index in [-0.39, 0.29) is 18.9 Å². The Hall–Kier alpha value is -2.06. The molecule has 1 amide bonds. The monoisotopic (exact) mass is 234 g/mol. The molecule has 5 nitrogen and oxygen atoms in total. The van der Waals surface area contributed by atoms with Crippen molar-refractivity contribution < 1.29 is 14.3 Å². The predicted octanol–water partition coefficient (Wildman–Crippen LogP) is 1.56. The van der Waals surface area contributed by atoms with Crippen LogP contribution < -0.4 is 10.1 Å². The van der Waals surface area contributed by atoms with Gasteiger partial charge in [0.25, 0.3) is 0 Å². The molecule has 0 saturated carbocycles. The average molecular weight is 234 g/mol. The second-order valence-electron chi connectivity index (χ2n) is 3.23. The highest BCUT2D eigenvalue weighted by atomic mass is 16.5. The highest BCUT2D eigenvalue weighted by Gasteiger charge is 2.06. The number of amides is 1. The highest BCUT2D eigenvalue weighted by molar-refractivity contribution is 5.92. The fourth-order valence-electron chi connectivity index (χ4n) is 1.21. The molecule has 0 aliphatic rings. The zero-order valence-corrected chi connectivity index (χ0v) is 9.60. The topological polar surface area (TPSA) is 71.3 Å². The first-order valence-electron chi connectivity index (χ1n) is 5.15. The summed E-state index contributed by atoms with van der Waals surface area (Å²) in [4.78, 5) is 11.5. The van der Waals surface area contributed by atoms with Crippen LogP contribution in [0.1, 0.15) is 6.42 Å².